The van der Waals surface area contributed by atoms with E-state index in [9.17, 15) is 19.0 Å². The van der Waals surface area contributed by atoms with Gasteiger partial charge in [0.05, 0.1) is 13.2 Å². The summed E-state index contributed by atoms with van der Waals surface area (Å²) in [5.74, 6) is -0.943. The molecule has 9 nitrogen and oxygen atoms in total. The summed E-state index contributed by atoms with van der Waals surface area (Å²) in [7, 11) is -4.39. The van der Waals surface area contributed by atoms with Gasteiger partial charge in [0.25, 0.3) is 0 Å². The first-order valence-electron chi connectivity index (χ1n) is 17.4. The summed E-state index contributed by atoms with van der Waals surface area (Å²) >= 11 is 0. The average molecular weight is 680 g/mol. The lowest BCUT2D eigenvalue weighted by Gasteiger charge is -2.19. The van der Waals surface area contributed by atoms with Crippen LogP contribution >= 0.6 is 7.82 Å². The van der Waals surface area contributed by atoms with Gasteiger partial charge in [0.15, 0.2) is 6.10 Å². The third kappa shape index (κ3) is 33.2. The van der Waals surface area contributed by atoms with Gasteiger partial charge in [-0.2, -0.15) is 0 Å². The molecule has 0 aromatic rings. The van der Waals surface area contributed by atoms with Crippen molar-refractivity contribution in [3.8, 4) is 0 Å². The molecule has 0 saturated heterocycles. The van der Waals surface area contributed by atoms with Crippen molar-refractivity contribution < 1.29 is 37.6 Å². The Labute approximate surface area is 284 Å². The van der Waals surface area contributed by atoms with E-state index >= 15 is 0 Å². The molecule has 268 valence electrons. The van der Waals surface area contributed by atoms with Gasteiger partial charge in [-0.1, -0.05) is 125 Å². The molecule has 0 saturated carbocycles. The number of allylic oxidation sites excluding steroid dienone is 12. The lowest BCUT2D eigenvalue weighted by Crippen LogP contribution is -2.29. The van der Waals surface area contributed by atoms with Crippen LogP contribution in [-0.4, -0.2) is 49.3 Å². The van der Waals surface area contributed by atoms with E-state index in [1.54, 1.807) is 0 Å². The van der Waals surface area contributed by atoms with Crippen molar-refractivity contribution in [3.05, 3.63) is 72.9 Å². The number of hydrogen-bond donors (Lipinski definition) is 2. The van der Waals surface area contributed by atoms with Crippen LogP contribution < -0.4 is 5.73 Å². The Hall–Kier alpha value is -2.55. The molecule has 0 aromatic carbocycles. The summed E-state index contributed by atoms with van der Waals surface area (Å²) < 4.78 is 32.4. The Kier molecular flexibility index (Phi) is 31.5. The molecule has 0 fully saturated rings. The molecule has 0 aromatic heterocycles. The Bertz CT molecular complexity index is 1000. The number of hydrogen-bond acceptors (Lipinski definition) is 8. The molecule has 0 aliphatic rings. The minimum absolute atomic E-state index is 0.0388. The molecule has 10 heteroatoms. The van der Waals surface area contributed by atoms with Gasteiger partial charge in [0.1, 0.15) is 6.61 Å². The summed E-state index contributed by atoms with van der Waals surface area (Å²) in [6, 6.07) is 0. The van der Waals surface area contributed by atoms with E-state index in [0.717, 1.165) is 64.2 Å². The Balaban J connectivity index is 4.39. The molecule has 2 atom stereocenters. The van der Waals surface area contributed by atoms with E-state index < -0.39 is 32.5 Å². The minimum Gasteiger partial charge on any atom is -0.462 e. The fourth-order valence-corrected chi connectivity index (χ4v) is 4.83. The quantitative estimate of drug-likeness (QED) is 0.0318. The zero-order valence-electron chi connectivity index (χ0n) is 29.0. The highest BCUT2D eigenvalue weighted by molar-refractivity contribution is 7.47. The highest BCUT2D eigenvalue weighted by Crippen LogP contribution is 2.43. The van der Waals surface area contributed by atoms with Crippen LogP contribution in [0.4, 0.5) is 0 Å². The average Bonchev–Trinajstić information content (AvgIpc) is 3.05. The van der Waals surface area contributed by atoms with E-state index in [1.807, 2.05) is 12.2 Å². The van der Waals surface area contributed by atoms with Crippen LogP contribution in [0.15, 0.2) is 72.9 Å². The summed E-state index contributed by atoms with van der Waals surface area (Å²) in [5.41, 5.74) is 5.30. The standard InChI is InChI=1S/C37H62NO8P/c1-3-5-7-9-11-12-13-14-15-16-17-18-19-20-21-22-24-26-28-30-37(40)46-35(34-45-47(41,42)44-32-31-38)33-43-36(39)29-27-25-23-10-8-6-4-2/h5,7,11-12,14-15,17-18,20-21,24,26,35H,3-4,6,8-10,13,16,19,22-23,25,27-34,38H2,1-2H3,(H,41,42)/b7-5-,12-11-,15-14-,18-17-,21-20-,26-24-. The van der Waals surface area contributed by atoms with Crippen molar-refractivity contribution in [3.63, 3.8) is 0 Å². The summed E-state index contributed by atoms with van der Waals surface area (Å²) in [6.07, 6.45) is 38.3. The molecule has 0 spiro atoms. The maximum atomic E-state index is 12.4. The molecule has 3 N–H and O–H groups in total. The van der Waals surface area contributed by atoms with Gasteiger partial charge in [-0.15, -0.1) is 0 Å². The normalized spacial score (nSPS) is 14.4. The largest absolute Gasteiger partial charge is 0.472 e. The predicted molar refractivity (Wildman–Crippen MR) is 192 cm³/mol. The van der Waals surface area contributed by atoms with Gasteiger partial charge in [-0.05, 0) is 51.4 Å². The van der Waals surface area contributed by atoms with Crippen LogP contribution in [0.3, 0.4) is 0 Å². The molecule has 2 unspecified atom stereocenters. The highest BCUT2D eigenvalue weighted by Gasteiger charge is 2.25. The van der Waals surface area contributed by atoms with E-state index in [0.29, 0.717) is 6.42 Å². The number of rotatable bonds is 31. The summed E-state index contributed by atoms with van der Waals surface area (Å²) in [5, 5.41) is 0. The number of nitrogens with two attached hydrogens (primary N) is 1. The van der Waals surface area contributed by atoms with E-state index in [2.05, 4.69) is 74.6 Å². The number of unbranched alkanes of at least 4 members (excludes halogenated alkanes) is 6. The summed E-state index contributed by atoms with van der Waals surface area (Å²) in [4.78, 5) is 34.4. The Morgan fingerprint density at radius 2 is 1.17 bits per heavy atom. The summed E-state index contributed by atoms with van der Waals surface area (Å²) in [6.45, 7) is 3.43. The van der Waals surface area contributed by atoms with Crippen LogP contribution in [0.5, 0.6) is 0 Å². The fourth-order valence-electron chi connectivity index (χ4n) is 4.07. The number of phosphoric ester groups is 1. The minimum atomic E-state index is -4.39. The molecule has 0 aliphatic carbocycles. The van der Waals surface area contributed by atoms with Crippen molar-refractivity contribution in [2.75, 3.05) is 26.4 Å². The van der Waals surface area contributed by atoms with E-state index in [-0.39, 0.29) is 32.6 Å². The Morgan fingerprint density at radius 1 is 0.660 bits per heavy atom. The SMILES string of the molecule is CC/C=C\C/C=C\C/C=C\C/C=C\C/C=C\C/C=C\CCC(=O)OC(COC(=O)CCCCCCCCC)COP(=O)(O)OCCN. The zero-order valence-corrected chi connectivity index (χ0v) is 29.9. The van der Waals surface area contributed by atoms with Gasteiger partial charge in [-0.25, -0.2) is 4.57 Å². The third-order valence-electron chi connectivity index (χ3n) is 6.62. The number of carbonyl (C=O) groups excluding carboxylic acids is 2. The monoisotopic (exact) mass is 679 g/mol. The second-order valence-electron chi connectivity index (χ2n) is 11.0. The zero-order chi connectivity index (χ0) is 34.7. The van der Waals surface area contributed by atoms with Gasteiger partial charge in [0.2, 0.25) is 0 Å². The molecular formula is C37H62NO8P. The van der Waals surface area contributed by atoms with Gasteiger partial charge in [-0.3, -0.25) is 18.6 Å². The van der Waals surface area contributed by atoms with Crippen LogP contribution in [0, 0.1) is 0 Å². The molecule has 0 bridgehead atoms. The van der Waals surface area contributed by atoms with Crippen LogP contribution in [-0.2, 0) is 32.7 Å². The van der Waals surface area contributed by atoms with Gasteiger partial charge < -0.3 is 20.1 Å². The van der Waals surface area contributed by atoms with Gasteiger partial charge >= 0.3 is 19.8 Å². The first-order valence-corrected chi connectivity index (χ1v) is 18.9. The van der Waals surface area contributed by atoms with Crippen molar-refractivity contribution in [1.29, 1.82) is 0 Å². The molecular weight excluding hydrogens is 617 g/mol. The van der Waals surface area contributed by atoms with E-state index in [1.165, 1.54) is 19.3 Å². The number of esters is 2. The van der Waals surface area contributed by atoms with Crippen molar-refractivity contribution >= 4 is 19.8 Å². The fraction of sp³-hybridized carbons (Fsp3) is 0.622. The first kappa shape index (κ1) is 44.5. The molecule has 0 aliphatic heterocycles. The highest BCUT2D eigenvalue weighted by atomic mass is 31.2. The topological polar surface area (TPSA) is 134 Å². The molecule has 0 rings (SSSR count). The van der Waals surface area contributed by atoms with Gasteiger partial charge in [0, 0.05) is 19.4 Å². The molecule has 0 radical (unpaired) electrons. The van der Waals surface area contributed by atoms with Crippen LogP contribution in [0.25, 0.3) is 0 Å². The van der Waals surface area contributed by atoms with Crippen molar-refractivity contribution in [1.82, 2.24) is 0 Å². The number of ether oxygens (including phenoxy) is 2. The number of phosphoric acid groups is 1. The molecule has 0 amide bonds. The maximum Gasteiger partial charge on any atom is 0.472 e. The van der Waals surface area contributed by atoms with E-state index in [4.69, 9.17) is 24.3 Å². The predicted octanol–water partition coefficient (Wildman–Crippen LogP) is 9.15. The maximum absolute atomic E-state index is 12.4. The molecule has 47 heavy (non-hydrogen) atoms. The second kappa shape index (κ2) is 33.4. The second-order valence-corrected chi connectivity index (χ2v) is 12.5. The van der Waals surface area contributed by atoms with Crippen molar-refractivity contribution in [2.45, 2.75) is 123 Å². The first-order chi connectivity index (χ1) is 22.8. The Morgan fingerprint density at radius 3 is 1.70 bits per heavy atom. The van der Waals surface area contributed by atoms with Crippen molar-refractivity contribution in [2.24, 2.45) is 5.73 Å². The molecule has 0 heterocycles. The van der Waals surface area contributed by atoms with Crippen LogP contribution in [0.1, 0.15) is 117 Å². The smallest absolute Gasteiger partial charge is 0.462 e. The lowest BCUT2D eigenvalue weighted by atomic mass is 10.1. The third-order valence-corrected chi connectivity index (χ3v) is 7.60. The number of carbonyl (C=O) groups is 2. The lowest BCUT2D eigenvalue weighted by molar-refractivity contribution is -0.161. The van der Waals surface area contributed by atoms with Crippen LogP contribution in [0.2, 0.25) is 0 Å².